The van der Waals surface area contributed by atoms with Gasteiger partial charge >= 0.3 is 0 Å². The van der Waals surface area contributed by atoms with Crippen molar-refractivity contribution in [2.75, 3.05) is 12.4 Å². The molecular weight excluding hydrogens is 417 g/mol. The van der Waals surface area contributed by atoms with Crippen LogP contribution in [0.2, 0.25) is 10.0 Å². The van der Waals surface area contributed by atoms with Crippen LogP contribution in [-0.2, 0) is 15.0 Å². The number of carbonyl (C=O) groups excluding carboxylic acids is 2. The van der Waals surface area contributed by atoms with E-state index in [2.05, 4.69) is 15.8 Å². The predicted molar refractivity (Wildman–Crippen MR) is 108 cm³/mol. The van der Waals surface area contributed by atoms with Gasteiger partial charge in [0, 0.05) is 17.4 Å². The highest BCUT2D eigenvalue weighted by atomic mass is 35.5. The van der Waals surface area contributed by atoms with Crippen LogP contribution < -0.4 is 15.5 Å². The summed E-state index contributed by atoms with van der Waals surface area (Å²) in [4.78, 5) is 33.8. The van der Waals surface area contributed by atoms with Crippen molar-refractivity contribution in [3.05, 3.63) is 51.6 Å². The molecule has 2 heterocycles. The lowest BCUT2D eigenvalue weighted by Gasteiger charge is -2.35. The SMILES string of the molecule is CONC(=O)c1ccc2c(c1)C1(CCC(Oc3ncc(Cl)cc3Cl)CC1)C(=O)N2. The van der Waals surface area contributed by atoms with Gasteiger partial charge in [0.1, 0.15) is 11.1 Å². The van der Waals surface area contributed by atoms with Gasteiger partial charge in [-0.3, -0.25) is 14.4 Å². The van der Waals surface area contributed by atoms with Crippen molar-refractivity contribution in [2.24, 2.45) is 0 Å². The second-order valence-electron chi connectivity index (χ2n) is 7.19. The Morgan fingerprint density at radius 2 is 2.03 bits per heavy atom. The summed E-state index contributed by atoms with van der Waals surface area (Å²) in [6.07, 6.45) is 3.88. The van der Waals surface area contributed by atoms with Gasteiger partial charge in [0.05, 0.1) is 17.5 Å². The van der Waals surface area contributed by atoms with Gasteiger partial charge in [0.25, 0.3) is 5.91 Å². The van der Waals surface area contributed by atoms with Gasteiger partial charge in [0.2, 0.25) is 11.8 Å². The first-order chi connectivity index (χ1) is 13.9. The standard InChI is InChI=1S/C20H19Cl2N3O4/c1-28-25-17(26)11-2-3-16-14(8-11)20(19(27)24-16)6-4-13(5-7-20)29-18-15(22)9-12(21)10-23-18/h2-3,8-10,13H,4-7H2,1H3,(H,24,27)(H,25,26). The van der Waals surface area contributed by atoms with Crippen LogP contribution in [0.4, 0.5) is 5.69 Å². The lowest BCUT2D eigenvalue weighted by Crippen LogP contribution is -2.41. The zero-order valence-electron chi connectivity index (χ0n) is 15.6. The maximum Gasteiger partial charge on any atom is 0.274 e. The molecule has 1 saturated carbocycles. The van der Waals surface area contributed by atoms with E-state index in [1.165, 1.54) is 13.3 Å². The molecule has 0 unspecified atom stereocenters. The first kappa shape index (κ1) is 19.9. The van der Waals surface area contributed by atoms with Crippen LogP contribution >= 0.6 is 23.2 Å². The molecule has 2 N–H and O–H groups in total. The van der Waals surface area contributed by atoms with Crippen molar-refractivity contribution in [1.29, 1.82) is 0 Å². The lowest BCUT2D eigenvalue weighted by molar-refractivity contribution is -0.122. The number of benzene rings is 1. The Kier molecular flexibility index (Phi) is 5.38. The van der Waals surface area contributed by atoms with Gasteiger partial charge < -0.3 is 10.1 Å². The summed E-state index contributed by atoms with van der Waals surface area (Å²) in [5, 5.41) is 3.74. The van der Waals surface area contributed by atoms with Crippen LogP contribution in [0.3, 0.4) is 0 Å². The number of nitrogens with one attached hydrogen (secondary N) is 2. The number of halogens is 2. The molecule has 2 amide bonds. The Labute approximate surface area is 177 Å². The number of fused-ring (bicyclic) bond motifs is 2. The third kappa shape index (κ3) is 3.66. The molecule has 152 valence electrons. The Bertz CT molecular complexity index is 974. The topological polar surface area (TPSA) is 89.6 Å². The second-order valence-corrected chi connectivity index (χ2v) is 8.03. The Balaban J connectivity index is 1.53. The zero-order valence-corrected chi connectivity index (χ0v) is 17.1. The van der Waals surface area contributed by atoms with Crippen molar-refractivity contribution in [2.45, 2.75) is 37.2 Å². The number of rotatable bonds is 4. The highest BCUT2D eigenvalue weighted by Crippen LogP contribution is 2.48. The maximum absolute atomic E-state index is 12.8. The maximum atomic E-state index is 12.8. The minimum absolute atomic E-state index is 0.0436. The lowest BCUT2D eigenvalue weighted by atomic mass is 9.69. The molecule has 1 aliphatic carbocycles. The Morgan fingerprint density at radius 1 is 1.28 bits per heavy atom. The highest BCUT2D eigenvalue weighted by molar-refractivity contribution is 6.35. The summed E-state index contributed by atoms with van der Waals surface area (Å²) in [5.74, 6) is -0.0602. The average Bonchev–Trinajstić information content (AvgIpc) is 2.97. The van der Waals surface area contributed by atoms with Crippen molar-refractivity contribution < 1.29 is 19.2 Å². The number of anilines is 1. The van der Waals surface area contributed by atoms with E-state index in [4.69, 9.17) is 32.8 Å². The second kappa shape index (κ2) is 7.82. The first-order valence-electron chi connectivity index (χ1n) is 9.20. The van der Waals surface area contributed by atoms with E-state index in [0.29, 0.717) is 47.2 Å². The van der Waals surface area contributed by atoms with E-state index in [1.54, 1.807) is 24.3 Å². The van der Waals surface area contributed by atoms with Gasteiger partial charge in [-0.2, -0.15) is 0 Å². The number of aromatic nitrogens is 1. The van der Waals surface area contributed by atoms with Gasteiger partial charge in [-0.05, 0) is 55.5 Å². The summed E-state index contributed by atoms with van der Waals surface area (Å²) in [7, 11) is 1.38. The molecule has 0 bridgehead atoms. The number of hydrogen-bond donors (Lipinski definition) is 2. The van der Waals surface area contributed by atoms with Crippen molar-refractivity contribution in [1.82, 2.24) is 10.5 Å². The Morgan fingerprint density at radius 3 is 2.72 bits per heavy atom. The van der Waals surface area contributed by atoms with Crippen molar-refractivity contribution >= 4 is 40.7 Å². The third-order valence-corrected chi connectivity index (χ3v) is 5.99. The predicted octanol–water partition coefficient (Wildman–Crippen LogP) is 3.89. The van der Waals surface area contributed by atoms with Crippen LogP contribution in [0.15, 0.2) is 30.5 Å². The van der Waals surface area contributed by atoms with Gasteiger partial charge in [-0.25, -0.2) is 10.5 Å². The monoisotopic (exact) mass is 435 g/mol. The zero-order chi connectivity index (χ0) is 20.6. The number of nitrogens with zero attached hydrogens (tertiary/aromatic N) is 1. The largest absolute Gasteiger partial charge is 0.473 e. The average molecular weight is 436 g/mol. The fourth-order valence-corrected chi connectivity index (χ4v) is 4.48. The summed E-state index contributed by atoms with van der Waals surface area (Å²) >= 11 is 12.0. The molecule has 2 aliphatic rings. The van der Waals surface area contributed by atoms with E-state index < -0.39 is 5.41 Å². The number of hydrogen-bond acceptors (Lipinski definition) is 5. The van der Waals surface area contributed by atoms with Crippen LogP contribution in [0.1, 0.15) is 41.6 Å². The van der Waals surface area contributed by atoms with E-state index in [9.17, 15) is 9.59 Å². The normalized spacial score (nSPS) is 22.9. The molecule has 9 heteroatoms. The first-order valence-corrected chi connectivity index (χ1v) is 9.95. The van der Waals surface area contributed by atoms with Crippen LogP contribution in [0, 0.1) is 0 Å². The molecule has 1 aliphatic heterocycles. The summed E-state index contributed by atoms with van der Waals surface area (Å²) < 4.78 is 5.95. The minimum Gasteiger partial charge on any atom is -0.473 e. The molecule has 1 spiro atoms. The third-order valence-electron chi connectivity index (χ3n) is 5.51. The smallest absolute Gasteiger partial charge is 0.274 e. The number of ether oxygens (including phenoxy) is 1. The van der Waals surface area contributed by atoms with Crippen molar-refractivity contribution in [3.8, 4) is 5.88 Å². The summed E-state index contributed by atoms with van der Waals surface area (Å²) in [6.45, 7) is 0. The van der Waals surface area contributed by atoms with Crippen LogP contribution in [0.5, 0.6) is 5.88 Å². The van der Waals surface area contributed by atoms with E-state index in [1.807, 2.05) is 0 Å². The van der Waals surface area contributed by atoms with E-state index in [-0.39, 0.29) is 17.9 Å². The molecule has 1 aromatic heterocycles. The fraction of sp³-hybridized carbons (Fsp3) is 0.350. The molecule has 1 aromatic carbocycles. The van der Waals surface area contributed by atoms with Gasteiger partial charge in [-0.15, -0.1) is 0 Å². The van der Waals surface area contributed by atoms with Gasteiger partial charge in [-0.1, -0.05) is 23.2 Å². The molecule has 2 aromatic rings. The Hall–Kier alpha value is -2.35. The highest BCUT2D eigenvalue weighted by Gasteiger charge is 2.49. The molecular formula is C20H19Cl2N3O4. The minimum atomic E-state index is -0.671. The summed E-state index contributed by atoms with van der Waals surface area (Å²) in [6, 6.07) is 6.77. The quantitative estimate of drug-likeness (QED) is 0.710. The van der Waals surface area contributed by atoms with Crippen LogP contribution in [-0.4, -0.2) is 30.0 Å². The number of pyridine rings is 1. The molecule has 0 saturated heterocycles. The summed E-state index contributed by atoms with van der Waals surface area (Å²) in [5.41, 5.74) is 3.66. The fourth-order valence-electron chi connectivity index (χ4n) is 4.05. The molecule has 7 nitrogen and oxygen atoms in total. The number of hydroxylamine groups is 1. The molecule has 0 atom stereocenters. The van der Waals surface area contributed by atoms with Gasteiger partial charge in [0.15, 0.2) is 0 Å². The number of amides is 2. The van der Waals surface area contributed by atoms with Crippen molar-refractivity contribution in [3.63, 3.8) is 0 Å². The molecule has 1 fully saturated rings. The molecule has 0 radical (unpaired) electrons. The molecule has 29 heavy (non-hydrogen) atoms. The van der Waals surface area contributed by atoms with E-state index >= 15 is 0 Å². The molecule has 4 rings (SSSR count). The number of carbonyl (C=O) groups is 2. The van der Waals surface area contributed by atoms with E-state index in [0.717, 1.165) is 11.3 Å². The van der Waals surface area contributed by atoms with Crippen LogP contribution in [0.25, 0.3) is 0 Å².